The molecule has 0 saturated carbocycles. The van der Waals surface area contributed by atoms with Crippen LogP contribution in [0.4, 0.5) is 0 Å². The second kappa shape index (κ2) is 25.2. The molecule has 3 heterocycles. The fourth-order valence-electron chi connectivity index (χ4n) is 5.91. The Kier molecular flexibility index (Phi) is 21.8. The summed E-state index contributed by atoms with van der Waals surface area (Å²) in [5, 5.41) is 13.0. The number of hydrogen-bond acceptors (Lipinski definition) is 17. The molecule has 1 aliphatic heterocycles. The molecule has 2 aromatic heterocycles. The fraction of sp³-hybridized carbons (Fsp3) is 0.656. The minimum Gasteiger partial charge on any atom is -0.390 e. The Labute approximate surface area is 365 Å². The van der Waals surface area contributed by atoms with Crippen molar-refractivity contribution in [2.45, 2.75) is 109 Å². The maximum absolute atomic E-state index is 12.5. The number of ether oxygens (including phenoxy) is 2. The zero-order chi connectivity index (χ0) is 47.9. The number of aromatic nitrogens is 4. The van der Waals surface area contributed by atoms with Crippen LogP contribution < -0.4 is 33.3 Å². The fourth-order valence-corrected chi connectivity index (χ4v) is 9.73. The summed E-state index contributed by atoms with van der Waals surface area (Å²) in [4.78, 5) is 112. The molecule has 0 aromatic carbocycles. The molecular formula is C32H54BN5O22P4. The molecule has 9 N–H and O–H groups in total. The van der Waals surface area contributed by atoms with E-state index in [-0.39, 0.29) is 49.3 Å². The smallest absolute Gasteiger partial charge is 0.390 e. The first-order chi connectivity index (χ1) is 29.8. The third kappa shape index (κ3) is 19.9. The van der Waals surface area contributed by atoms with Gasteiger partial charge in [-0.2, -0.15) is 8.62 Å². The monoisotopic (exact) mass is 995 g/mol. The van der Waals surface area contributed by atoms with E-state index >= 15 is 0 Å². The molecular weight excluding hydrogens is 941 g/mol. The van der Waals surface area contributed by atoms with E-state index in [4.69, 9.17) is 28.3 Å². The van der Waals surface area contributed by atoms with E-state index in [0.29, 0.717) is 19.3 Å². The molecule has 1 aliphatic rings. The van der Waals surface area contributed by atoms with E-state index in [0.717, 1.165) is 34.8 Å². The van der Waals surface area contributed by atoms with Crippen molar-refractivity contribution < 1.29 is 84.3 Å². The number of aromatic amines is 2. The van der Waals surface area contributed by atoms with Crippen molar-refractivity contribution in [3.63, 3.8) is 0 Å². The maximum Gasteiger partial charge on any atom is 0.490 e. The average molecular weight is 996 g/mol. The first-order valence-electron chi connectivity index (χ1n) is 19.8. The van der Waals surface area contributed by atoms with Crippen molar-refractivity contribution in [1.29, 1.82) is 0 Å². The predicted octanol–water partition coefficient (Wildman–Crippen LogP) is 0.0344. The van der Waals surface area contributed by atoms with Crippen molar-refractivity contribution in [3.8, 4) is 0 Å². The summed E-state index contributed by atoms with van der Waals surface area (Å²) in [5.74, 6) is -0.228. The van der Waals surface area contributed by atoms with Crippen molar-refractivity contribution in [2.75, 3.05) is 26.4 Å². The predicted molar refractivity (Wildman–Crippen MR) is 226 cm³/mol. The van der Waals surface area contributed by atoms with Crippen LogP contribution in [0.1, 0.15) is 96.1 Å². The van der Waals surface area contributed by atoms with Gasteiger partial charge in [0.15, 0.2) is 0 Å². The average Bonchev–Trinajstić information content (AvgIpc) is 3.55. The van der Waals surface area contributed by atoms with Gasteiger partial charge in [0.2, 0.25) is 11.5 Å². The lowest BCUT2D eigenvalue weighted by Gasteiger charge is -2.24. The molecule has 1 fully saturated rings. The van der Waals surface area contributed by atoms with E-state index in [2.05, 4.69) is 28.4 Å². The van der Waals surface area contributed by atoms with Gasteiger partial charge in [-0.15, -0.1) is 0 Å². The van der Waals surface area contributed by atoms with Crippen LogP contribution in [-0.4, -0.2) is 107 Å². The minimum atomic E-state index is -5.72. The van der Waals surface area contributed by atoms with E-state index in [1.165, 1.54) is 39.3 Å². The van der Waals surface area contributed by atoms with Gasteiger partial charge in [0.05, 0.1) is 37.6 Å². The number of carbonyl (C=O) groups excluding carboxylic acids is 1. The number of amides is 1. The highest BCUT2D eigenvalue weighted by Crippen LogP contribution is 2.66. The highest BCUT2D eigenvalue weighted by molar-refractivity contribution is 7.66. The van der Waals surface area contributed by atoms with Crippen LogP contribution in [0.3, 0.4) is 0 Å². The van der Waals surface area contributed by atoms with Crippen LogP contribution in [0.25, 0.3) is 6.08 Å². The Morgan fingerprint density at radius 2 is 1.53 bits per heavy atom. The molecule has 362 valence electrons. The number of nitrogens with one attached hydrogen (secondary N) is 3. The second-order valence-electron chi connectivity index (χ2n) is 14.3. The van der Waals surface area contributed by atoms with E-state index in [1.807, 2.05) is 0 Å². The van der Waals surface area contributed by atoms with Gasteiger partial charge in [0.25, 0.3) is 5.56 Å². The Morgan fingerprint density at radius 3 is 2.19 bits per heavy atom. The van der Waals surface area contributed by atoms with E-state index in [9.17, 15) is 62.0 Å². The van der Waals surface area contributed by atoms with Crippen LogP contribution in [0.15, 0.2) is 37.6 Å². The molecule has 8 atom stereocenters. The van der Waals surface area contributed by atoms with Crippen LogP contribution in [0.5, 0.6) is 0 Å². The Bertz CT molecular complexity index is 2330. The van der Waals surface area contributed by atoms with Crippen molar-refractivity contribution in [2.24, 2.45) is 0 Å². The van der Waals surface area contributed by atoms with E-state index < -0.39 is 97.8 Å². The van der Waals surface area contributed by atoms with E-state index in [1.54, 1.807) is 6.92 Å². The molecule has 3 rings (SSSR count). The highest BCUT2D eigenvalue weighted by atomic mass is 31.3. The largest absolute Gasteiger partial charge is 0.490 e. The number of nitrogens with zero attached hydrogens (tertiary/aromatic N) is 2. The standard InChI is InChI=1S/C32H54BN5O22P4/c1-3-23(19-55-63(50,51)60-64(52,53)59-61(45,46)47)57-21(2)37-17-22(29(41)35-31(37)43)12-11-14-34-27(40)13-9-7-5-4-6-8-10-15-54-62(48,49)56-20-26-25(39)16-28(58-26)38-18-24(33)30(42)36-32(38)44/h11-12,17-18,21,23,25-26,28,39H,3-10,13-16,19-20,33H2,1-2H3,(H,34,40)(H,48,49)(H,50,51)(H,52,53)(H,35,41,43)(H,36,42,44)(H2,45,46,47)/b12-11+. The van der Waals surface area contributed by atoms with Crippen molar-refractivity contribution in [3.05, 3.63) is 65.7 Å². The van der Waals surface area contributed by atoms with Gasteiger partial charge in [-0.25, -0.2) is 27.8 Å². The molecule has 0 bridgehead atoms. The second-order valence-corrected chi connectivity index (χ2v) is 20.2. The summed E-state index contributed by atoms with van der Waals surface area (Å²) in [7, 11) is -19.7. The lowest BCUT2D eigenvalue weighted by molar-refractivity contribution is -0.121. The minimum absolute atomic E-state index is 0.00528. The van der Waals surface area contributed by atoms with Gasteiger partial charge < -0.3 is 44.4 Å². The summed E-state index contributed by atoms with van der Waals surface area (Å²) in [6.45, 7) is 1.75. The van der Waals surface area contributed by atoms with Gasteiger partial charge in [-0.3, -0.25) is 47.1 Å². The number of unbranched alkanes of at least 4 members (excludes halogenated alkanes) is 6. The normalized spacial score (nSPS) is 20.7. The number of phosphoric acid groups is 4. The summed E-state index contributed by atoms with van der Waals surface area (Å²) < 4.78 is 82.1. The molecule has 0 spiro atoms. The Balaban J connectivity index is 1.28. The van der Waals surface area contributed by atoms with Crippen LogP contribution in [0.2, 0.25) is 0 Å². The first-order valence-corrected chi connectivity index (χ1v) is 25.8. The molecule has 1 saturated heterocycles. The number of carbonyl (C=O) groups is 1. The van der Waals surface area contributed by atoms with Crippen LogP contribution in [0, 0.1) is 0 Å². The first kappa shape index (κ1) is 55.4. The van der Waals surface area contributed by atoms with Gasteiger partial charge in [-0.05, 0) is 31.6 Å². The Hall–Kier alpha value is -2.97. The molecule has 1 amide bonds. The molecule has 2 aromatic rings. The van der Waals surface area contributed by atoms with Gasteiger partial charge in [0, 0.05) is 31.8 Å². The van der Waals surface area contributed by atoms with Crippen LogP contribution in [-0.2, 0) is 54.7 Å². The SMILES string of the molecule is Bc1cn(C2CC(O)C(COP(=O)(O)OCCCCCCCCCC(=O)NC/C=C/c3cn(C(C)OC(CC)COP(=O)(O)OP(=O)(O)OP(=O)(O)O)c(=O)[nH]c3=O)O2)c(=O)[nH]c1=O. The highest BCUT2D eigenvalue weighted by Gasteiger charge is 2.41. The summed E-state index contributed by atoms with van der Waals surface area (Å²) >= 11 is 0. The van der Waals surface area contributed by atoms with Crippen molar-refractivity contribution in [1.82, 2.24) is 24.4 Å². The Morgan fingerprint density at radius 1 is 0.891 bits per heavy atom. The number of aliphatic hydroxyl groups is 1. The zero-order valence-electron chi connectivity index (χ0n) is 35.0. The topological polar surface area (TPSA) is 393 Å². The summed E-state index contributed by atoms with van der Waals surface area (Å²) in [6.07, 6.45) is 5.59. The molecule has 32 heteroatoms. The van der Waals surface area contributed by atoms with Gasteiger partial charge in [-0.1, -0.05) is 51.2 Å². The van der Waals surface area contributed by atoms with Gasteiger partial charge in [0.1, 0.15) is 26.4 Å². The number of H-pyrrole nitrogens is 2. The molecule has 0 aliphatic carbocycles. The third-order valence-corrected chi connectivity index (χ3v) is 13.9. The van der Waals surface area contributed by atoms with Crippen LogP contribution >= 0.6 is 31.3 Å². The maximum atomic E-state index is 12.5. The zero-order valence-corrected chi connectivity index (χ0v) is 38.6. The lowest BCUT2D eigenvalue weighted by atomic mass is 10.0. The number of phosphoric ester groups is 2. The summed E-state index contributed by atoms with van der Waals surface area (Å²) in [6, 6.07) is 0. The molecule has 8 unspecified atom stereocenters. The summed E-state index contributed by atoms with van der Waals surface area (Å²) in [5.41, 5.74) is -2.60. The van der Waals surface area contributed by atoms with Crippen molar-refractivity contribution >= 4 is 56.6 Å². The lowest BCUT2D eigenvalue weighted by Crippen LogP contribution is -2.41. The number of rotatable bonds is 29. The van der Waals surface area contributed by atoms with Gasteiger partial charge >= 0.3 is 42.7 Å². The molecule has 27 nitrogen and oxygen atoms in total. The third-order valence-electron chi connectivity index (χ3n) is 9.15. The quantitative estimate of drug-likeness (QED) is 0.0295. The molecule has 0 radical (unpaired) electrons. The molecule has 64 heavy (non-hydrogen) atoms. The number of hydrogen-bond donors (Lipinski definition) is 9. The number of aliphatic hydroxyl groups excluding tert-OH is 1.